The summed E-state index contributed by atoms with van der Waals surface area (Å²) in [7, 11) is 0. The van der Waals surface area contributed by atoms with Gasteiger partial charge in [0.2, 0.25) is 0 Å². The van der Waals surface area contributed by atoms with Crippen molar-refractivity contribution in [1.29, 1.82) is 0 Å². The maximum absolute atomic E-state index is 12.0. The first-order valence-corrected chi connectivity index (χ1v) is 6.13. The van der Waals surface area contributed by atoms with Gasteiger partial charge in [-0.25, -0.2) is 0 Å². The first kappa shape index (κ1) is 12.5. The lowest BCUT2D eigenvalue weighted by molar-refractivity contribution is -0.160. The van der Waals surface area contributed by atoms with Crippen molar-refractivity contribution in [2.75, 3.05) is 6.61 Å². The molecule has 0 aromatic carbocycles. The Bertz CT molecular complexity index is 233. The smallest absolute Gasteiger partial charge is 0.312 e. The SMILES string of the molecule is CCOC(=O)C1(CC)CCCC(C)(C)C1. The van der Waals surface area contributed by atoms with E-state index in [2.05, 4.69) is 20.8 Å². The van der Waals surface area contributed by atoms with E-state index in [1.807, 2.05) is 6.92 Å². The molecule has 0 radical (unpaired) electrons. The number of esters is 1. The van der Waals surface area contributed by atoms with Gasteiger partial charge in [0.1, 0.15) is 0 Å². The molecule has 0 aromatic heterocycles. The van der Waals surface area contributed by atoms with Gasteiger partial charge in [-0.15, -0.1) is 0 Å². The highest BCUT2D eigenvalue weighted by Gasteiger charge is 2.45. The van der Waals surface area contributed by atoms with Crippen LogP contribution in [0, 0.1) is 10.8 Å². The van der Waals surface area contributed by atoms with Crippen LogP contribution in [0.3, 0.4) is 0 Å². The highest BCUT2D eigenvalue weighted by atomic mass is 16.5. The Kier molecular flexibility index (Phi) is 3.80. The van der Waals surface area contributed by atoms with E-state index in [1.165, 1.54) is 6.42 Å². The fourth-order valence-electron chi connectivity index (χ4n) is 2.90. The van der Waals surface area contributed by atoms with Crippen molar-refractivity contribution >= 4 is 5.97 Å². The van der Waals surface area contributed by atoms with Gasteiger partial charge in [0.15, 0.2) is 0 Å². The van der Waals surface area contributed by atoms with Crippen LogP contribution in [0.15, 0.2) is 0 Å². The molecule has 1 saturated carbocycles. The van der Waals surface area contributed by atoms with E-state index in [1.54, 1.807) is 0 Å². The lowest BCUT2D eigenvalue weighted by Gasteiger charge is -2.42. The van der Waals surface area contributed by atoms with Crippen molar-refractivity contribution in [3.05, 3.63) is 0 Å². The van der Waals surface area contributed by atoms with Crippen molar-refractivity contribution in [2.45, 2.75) is 59.8 Å². The molecule has 0 heterocycles. The summed E-state index contributed by atoms with van der Waals surface area (Å²) in [6.07, 6.45) is 5.28. The number of carbonyl (C=O) groups is 1. The number of rotatable bonds is 3. The molecular formula is C13H24O2. The molecule has 2 heteroatoms. The fourth-order valence-corrected chi connectivity index (χ4v) is 2.90. The van der Waals surface area contributed by atoms with Crippen molar-refractivity contribution in [1.82, 2.24) is 0 Å². The molecule has 2 nitrogen and oxygen atoms in total. The highest BCUT2D eigenvalue weighted by Crippen LogP contribution is 2.48. The maximum Gasteiger partial charge on any atom is 0.312 e. The summed E-state index contributed by atoms with van der Waals surface area (Å²) in [5.74, 6) is 0.0280. The van der Waals surface area contributed by atoms with E-state index in [0.29, 0.717) is 12.0 Å². The molecule has 1 atom stereocenters. The molecule has 1 aliphatic rings. The number of hydrogen-bond acceptors (Lipinski definition) is 2. The van der Waals surface area contributed by atoms with Gasteiger partial charge in [-0.2, -0.15) is 0 Å². The van der Waals surface area contributed by atoms with Crippen LogP contribution in [0.4, 0.5) is 0 Å². The van der Waals surface area contributed by atoms with Crippen molar-refractivity contribution < 1.29 is 9.53 Å². The third-order valence-corrected chi connectivity index (χ3v) is 3.71. The van der Waals surface area contributed by atoms with Gasteiger partial charge in [0, 0.05) is 0 Å². The maximum atomic E-state index is 12.0. The quantitative estimate of drug-likeness (QED) is 0.669. The highest BCUT2D eigenvalue weighted by molar-refractivity contribution is 5.77. The van der Waals surface area contributed by atoms with Gasteiger partial charge < -0.3 is 4.74 Å². The minimum Gasteiger partial charge on any atom is -0.466 e. The molecule has 0 amide bonds. The molecule has 1 fully saturated rings. The Morgan fingerprint density at radius 3 is 2.40 bits per heavy atom. The van der Waals surface area contributed by atoms with Crippen LogP contribution >= 0.6 is 0 Å². The normalized spacial score (nSPS) is 29.9. The molecule has 0 aliphatic heterocycles. The van der Waals surface area contributed by atoms with Crippen molar-refractivity contribution in [3.63, 3.8) is 0 Å². The summed E-state index contributed by atoms with van der Waals surface area (Å²) in [6, 6.07) is 0. The van der Waals surface area contributed by atoms with Crippen LogP contribution in [-0.4, -0.2) is 12.6 Å². The Hall–Kier alpha value is -0.530. The Labute approximate surface area is 93.4 Å². The molecule has 1 unspecified atom stereocenters. The van der Waals surface area contributed by atoms with Crippen LogP contribution in [0.5, 0.6) is 0 Å². The van der Waals surface area contributed by atoms with Gasteiger partial charge in [-0.1, -0.05) is 27.2 Å². The lowest BCUT2D eigenvalue weighted by Crippen LogP contribution is -2.40. The summed E-state index contributed by atoms with van der Waals surface area (Å²) in [6.45, 7) is 9.01. The summed E-state index contributed by atoms with van der Waals surface area (Å²) < 4.78 is 5.23. The van der Waals surface area contributed by atoms with Crippen LogP contribution in [0.1, 0.15) is 59.8 Å². The van der Waals surface area contributed by atoms with Crippen molar-refractivity contribution in [3.8, 4) is 0 Å². The van der Waals surface area contributed by atoms with E-state index >= 15 is 0 Å². The van der Waals surface area contributed by atoms with E-state index in [9.17, 15) is 4.79 Å². The zero-order valence-electron chi connectivity index (χ0n) is 10.6. The second-order valence-electron chi connectivity index (χ2n) is 5.55. The summed E-state index contributed by atoms with van der Waals surface area (Å²) in [5.41, 5.74) is 0.0960. The van der Waals surface area contributed by atoms with Gasteiger partial charge >= 0.3 is 5.97 Å². The van der Waals surface area contributed by atoms with Crippen LogP contribution in [0.25, 0.3) is 0 Å². The van der Waals surface area contributed by atoms with E-state index < -0.39 is 0 Å². The average Bonchev–Trinajstić information content (AvgIpc) is 2.16. The van der Waals surface area contributed by atoms with Gasteiger partial charge in [-0.05, 0) is 38.0 Å². The Morgan fingerprint density at radius 1 is 1.27 bits per heavy atom. The molecule has 0 aromatic rings. The Balaban J connectivity index is 2.79. The number of carbonyl (C=O) groups excluding carboxylic acids is 1. The monoisotopic (exact) mass is 212 g/mol. The molecule has 1 rings (SSSR count). The molecule has 88 valence electrons. The van der Waals surface area contributed by atoms with E-state index in [0.717, 1.165) is 25.7 Å². The summed E-state index contributed by atoms with van der Waals surface area (Å²) in [4.78, 5) is 12.0. The van der Waals surface area contributed by atoms with E-state index in [-0.39, 0.29) is 11.4 Å². The van der Waals surface area contributed by atoms with Crippen molar-refractivity contribution in [2.24, 2.45) is 10.8 Å². The largest absolute Gasteiger partial charge is 0.466 e. The predicted molar refractivity (Wildman–Crippen MR) is 61.6 cm³/mol. The zero-order chi connectivity index (χ0) is 11.5. The van der Waals surface area contributed by atoms with Crippen LogP contribution in [0.2, 0.25) is 0 Å². The number of ether oxygens (including phenoxy) is 1. The third-order valence-electron chi connectivity index (χ3n) is 3.71. The second-order valence-corrected chi connectivity index (χ2v) is 5.55. The molecule has 0 bridgehead atoms. The summed E-state index contributed by atoms with van der Waals surface area (Å²) in [5, 5.41) is 0. The molecule has 1 aliphatic carbocycles. The first-order chi connectivity index (χ1) is 6.96. The Morgan fingerprint density at radius 2 is 1.93 bits per heavy atom. The summed E-state index contributed by atoms with van der Waals surface area (Å²) >= 11 is 0. The molecule has 15 heavy (non-hydrogen) atoms. The lowest BCUT2D eigenvalue weighted by atomic mass is 9.62. The van der Waals surface area contributed by atoms with E-state index in [4.69, 9.17) is 4.74 Å². The molecule has 0 spiro atoms. The average molecular weight is 212 g/mol. The minimum absolute atomic E-state index is 0.0280. The van der Waals surface area contributed by atoms with Gasteiger partial charge in [0.05, 0.1) is 12.0 Å². The fraction of sp³-hybridized carbons (Fsp3) is 0.923. The standard InChI is InChI=1S/C13H24O2/c1-5-13(11(14)15-6-2)9-7-8-12(3,4)10-13/h5-10H2,1-4H3. The second kappa shape index (κ2) is 4.54. The predicted octanol–water partition coefficient (Wildman–Crippen LogP) is 3.55. The number of hydrogen-bond donors (Lipinski definition) is 0. The molecule has 0 saturated heterocycles. The minimum atomic E-state index is -0.197. The zero-order valence-corrected chi connectivity index (χ0v) is 10.6. The van der Waals surface area contributed by atoms with Gasteiger partial charge in [-0.3, -0.25) is 4.79 Å². The third kappa shape index (κ3) is 2.73. The topological polar surface area (TPSA) is 26.3 Å². The van der Waals surface area contributed by atoms with Crippen LogP contribution < -0.4 is 0 Å². The molecular weight excluding hydrogens is 188 g/mol. The van der Waals surface area contributed by atoms with Crippen LogP contribution in [-0.2, 0) is 9.53 Å². The molecule has 0 N–H and O–H groups in total. The van der Waals surface area contributed by atoms with Gasteiger partial charge in [0.25, 0.3) is 0 Å². The first-order valence-electron chi connectivity index (χ1n) is 6.13.